The summed E-state index contributed by atoms with van der Waals surface area (Å²) in [5.74, 6) is 6.55. The average Bonchev–Trinajstić information content (AvgIpc) is 2.59. The van der Waals surface area contributed by atoms with Gasteiger partial charge in [-0.1, -0.05) is 24.1 Å². The lowest BCUT2D eigenvalue weighted by atomic mass is 10.2. The van der Waals surface area contributed by atoms with Crippen molar-refractivity contribution in [3.8, 4) is 11.8 Å². The van der Waals surface area contributed by atoms with Crippen molar-refractivity contribution >= 4 is 0 Å². The smallest absolute Gasteiger partial charge is 0.139 e. The summed E-state index contributed by atoms with van der Waals surface area (Å²) in [5, 5.41) is 0. The van der Waals surface area contributed by atoms with Gasteiger partial charge in [0.15, 0.2) is 0 Å². The zero-order valence-electron chi connectivity index (χ0n) is 9.84. The largest absolute Gasteiger partial charge is 0.325 e. The van der Waals surface area contributed by atoms with Gasteiger partial charge >= 0.3 is 0 Å². The minimum atomic E-state index is 1.01. The lowest BCUT2D eigenvalue weighted by molar-refractivity contribution is -0.891. The molecule has 1 heteroatoms. The predicted octanol–water partition coefficient (Wildman–Crippen LogP) is 1.50. The molecule has 1 aliphatic rings. The molecule has 0 bridgehead atoms. The van der Waals surface area contributed by atoms with Crippen molar-refractivity contribution in [1.82, 2.24) is 0 Å². The quantitative estimate of drug-likeness (QED) is 0.676. The highest BCUT2D eigenvalue weighted by molar-refractivity contribution is 5.33. The van der Waals surface area contributed by atoms with Gasteiger partial charge in [0.05, 0.1) is 13.1 Å². The number of likely N-dealkylation sites (tertiary alicyclic amines) is 1. The Balaban J connectivity index is 1.84. The van der Waals surface area contributed by atoms with Crippen LogP contribution in [-0.2, 0) is 0 Å². The van der Waals surface area contributed by atoms with Gasteiger partial charge in [0, 0.05) is 5.56 Å². The van der Waals surface area contributed by atoms with E-state index in [1.165, 1.54) is 38.8 Å². The average molecular weight is 214 g/mol. The maximum atomic E-state index is 3.31. The summed E-state index contributed by atoms with van der Waals surface area (Å²) < 4.78 is 0. The molecule has 0 amide bonds. The van der Waals surface area contributed by atoms with E-state index < -0.39 is 0 Å². The topological polar surface area (TPSA) is 4.44 Å². The Morgan fingerprint density at radius 1 is 0.938 bits per heavy atom. The van der Waals surface area contributed by atoms with E-state index in [0.717, 1.165) is 12.1 Å². The van der Waals surface area contributed by atoms with E-state index >= 15 is 0 Å². The van der Waals surface area contributed by atoms with Crippen molar-refractivity contribution in [3.05, 3.63) is 35.9 Å². The summed E-state index contributed by atoms with van der Waals surface area (Å²) in [6, 6.07) is 10.3. The molecule has 1 aliphatic heterocycles. The Morgan fingerprint density at radius 3 is 2.31 bits per heavy atom. The van der Waals surface area contributed by atoms with Crippen molar-refractivity contribution in [1.29, 1.82) is 0 Å². The Kier molecular flexibility index (Phi) is 4.46. The van der Waals surface area contributed by atoms with Crippen molar-refractivity contribution < 1.29 is 4.90 Å². The third-order valence-electron chi connectivity index (χ3n) is 3.16. The van der Waals surface area contributed by atoms with Gasteiger partial charge in [-0.15, -0.1) is 0 Å². The van der Waals surface area contributed by atoms with Gasteiger partial charge in [0.1, 0.15) is 6.54 Å². The third kappa shape index (κ3) is 3.72. The van der Waals surface area contributed by atoms with Gasteiger partial charge in [-0.05, 0) is 43.7 Å². The number of hydrogen-bond donors (Lipinski definition) is 1. The molecule has 0 spiro atoms. The second kappa shape index (κ2) is 6.35. The molecule has 0 unspecified atom stereocenters. The molecule has 0 radical (unpaired) electrons. The van der Waals surface area contributed by atoms with Crippen LogP contribution in [0.4, 0.5) is 0 Å². The van der Waals surface area contributed by atoms with Crippen LogP contribution in [0.2, 0.25) is 0 Å². The molecule has 0 saturated carbocycles. The molecule has 16 heavy (non-hydrogen) atoms. The van der Waals surface area contributed by atoms with Crippen LogP contribution in [0.25, 0.3) is 0 Å². The van der Waals surface area contributed by atoms with E-state index in [-0.39, 0.29) is 0 Å². The fourth-order valence-corrected chi connectivity index (χ4v) is 2.20. The summed E-state index contributed by atoms with van der Waals surface area (Å²) in [7, 11) is 0. The molecule has 1 aromatic rings. The molecular formula is C15H20N+. The van der Waals surface area contributed by atoms with E-state index in [2.05, 4.69) is 24.0 Å². The Labute approximate surface area is 98.5 Å². The second-order valence-corrected chi connectivity index (χ2v) is 4.51. The fraction of sp³-hybridized carbons (Fsp3) is 0.467. The van der Waals surface area contributed by atoms with E-state index in [4.69, 9.17) is 0 Å². The molecular weight excluding hydrogens is 194 g/mol. The molecule has 0 atom stereocenters. The number of benzene rings is 1. The van der Waals surface area contributed by atoms with Gasteiger partial charge in [-0.3, -0.25) is 0 Å². The van der Waals surface area contributed by atoms with E-state index in [1.807, 2.05) is 18.2 Å². The molecule has 1 heterocycles. The van der Waals surface area contributed by atoms with Gasteiger partial charge in [0.25, 0.3) is 0 Å². The van der Waals surface area contributed by atoms with Gasteiger partial charge in [0.2, 0.25) is 0 Å². The fourth-order valence-electron chi connectivity index (χ4n) is 2.20. The maximum Gasteiger partial charge on any atom is 0.139 e. The first-order chi connectivity index (χ1) is 7.95. The van der Waals surface area contributed by atoms with Crippen LogP contribution >= 0.6 is 0 Å². The number of quaternary nitrogens is 1. The summed E-state index contributed by atoms with van der Waals surface area (Å²) in [4.78, 5) is 1.67. The molecule has 84 valence electrons. The first-order valence-corrected chi connectivity index (χ1v) is 6.32. The first-order valence-electron chi connectivity index (χ1n) is 6.32. The summed E-state index contributed by atoms with van der Waals surface area (Å²) >= 11 is 0. The normalized spacial score (nSPS) is 17.2. The van der Waals surface area contributed by atoms with Gasteiger partial charge < -0.3 is 4.90 Å². The van der Waals surface area contributed by atoms with Gasteiger partial charge in [-0.2, -0.15) is 0 Å². The number of rotatable bonds is 1. The minimum Gasteiger partial charge on any atom is -0.325 e. The summed E-state index contributed by atoms with van der Waals surface area (Å²) in [5.41, 5.74) is 1.14. The van der Waals surface area contributed by atoms with Crippen LogP contribution in [0.15, 0.2) is 30.3 Å². The van der Waals surface area contributed by atoms with Crippen molar-refractivity contribution in [2.24, 2.45) is 0 Å². The van der Waals surface area contributed by atoms with Crippen LogP contribution in [0.1, 0.15) is 31.2 Å². The summed E-state index contributed by atoms with van der Waals surface area (Å²) in [6.07, 6.45) is 5.58. The Hall–Kier alpha value is -1.26. The van der Waals surface area contributed by atoms with Crippen LogP contribution in [-0.4, -0.2) is 19.6 Å². The molecule has 1 saturated heterocycles. The van der Waals surface area contributed by atoms with Crippen LogP contribution in [0, 0.1) is 11.8 Å². The van der Waals surface area contributed by atoms with Crippen molar-refractivity contribution in [2.45, 2.75) is 25.7 Å². The maximum absolute atomic E-state index is 3.31. The lowest BCUT2D eigenvalue weighted by Crippen LogP contribution is -3.11. The molecule has 1 fully saturated rings. The second-order valence-electron chi connectivity index (χ2n) is 4.51. The van der Waals surface area contributed by atoms with Crippen molar-refractivity contribution in [2.75, 3.05) is 19.6 Å². The zero-order valence-corrected chi connectivity index (χ0v) is 9.84. The summed E-state index contributed by atoms with van der Waals surface area (Å²) in [6.45, 7) is 3.63. The molecule has 1 aromatic carbocycles. The molecule has 2 rings (SSSR count). The third-order valence-corrected chi connectivity index (χ3v) is 3.16. The van der Waals surface area contributed by atoms with E-state index in [1.54, 1.807) is 4.90 Å². The first kappa shape index (κ1) is 11.2. The zero-order chi connectivity index (χ0) is 11.1. The lowest BCUT2D eigenvalue weighted by Gasteiger charge is -2.12. The highest BCUT2D eigenvalue weighted by Crippen LogP contribution is 1.99. The molecule has 1 nitrogen and oxygen atoms in total. The predicted molar refractivity (Wildman–Crippen MR) is 67.4 cm³/mol. The standard InChI is InChI=1S/C15H19N/c1-2-7-13-16(12-6-1)14-8-11-15-9-4-3-5-10-15/h3-5,9-10H,1-2,6-7,12-14H2/p+1. The van der Waals surface area contributed by atoms with Crippen LogP contribution < -0.4 is 4.90 Å². The minimum absolute atomic E-state index is 1.01. The number of nitrogens with one attached hydrogen (secondary N) is 1. The van der Waals surface area contributed by atoms with E-state index in [0.29, 0.717) is 0 Å². The van der Waals surface area contributed by atoms with Crippen LogP contribution in [0.3, 0.4) is 0 Å². The van der Waals surface area contributed by atoms with E-state index in [9.17, 15) is 0 Å². The SMILES string of the molecule is C(#Cc1ccccc1)C[NH+]1CCCCCC1. The highest BCUT2D eigenvalue weighted by atomic mass is 15.1. The van der Waals surface area contributed by atoms with Crippen molar-refractivity contribution in [3.63, 3.8) is 0 Å². The molecule has 0 aliphatic carbocycles. The Bertz CT molecular complexity index is 350. The molecule has 1 N–H and O–H groups in total. The molecule has 0 aromatic heterocycles. The highest BCUT2D eigenvalue weighted by Gasteiger charge is 2.09. The van der Waals surface area contributed by atoms with Gasteiger partial charge in [-0.25, -0.2) is 0 Å². The van der Waals surface area contributed by atoms with Crippen LogP contribution in [0.5, 0.6) is 0 Å². The number of hydrogen-bond acceptors (Lipinski definition) is 0. The Morgan fingerprint density at radius 2 is 1.62 bits per heavy atom. The monoisotopic (exact) mass is 214 g/mol.